The second-order valence-electron chi connectivity index (χ2n) is 6.37. The molecule has 0 saturated heterocycles. The number of halogens is 1. The predicted molar refractivity (Wildman–Crippen MR) is 99.4 cm³/mol. The summed E-state index contributed by atoms with van der Waals surface area (Å²) in [5.74, 6) is 0.791. The van der Waals surface area contributed by atoms with Gasteiger partial charge in [0.1, 0.15) is 5.75 Å². The van der Waals surface area contributed by atoms with Gasteiger partial charge in [-0.25, -0.2) is 0 Å². The lowest BCUT2D eigenvalue weighted by atomic mass is 10.0. The lowest BCUT2D eigenvalue weighted by Gasteiger charge is -2.26. The molecule has 0 radical (unpaired) electrons. The summed E-state index contributed by atoms with van der Waals surface area (Å²) in [6.45, 7) is 1.57. The highest BCUT2D eigenvalue weighted by Gasteiger charge is 2.58. The maximum atomic E-state index is 6.39. The van der Waals surface area contributed by atoms with Crippen LogP contribution in [0.5, 0.6) is 5.75 Å². The van der Waals surface area contributed by atoms with Crippen molar-refractivity contribution in [3.63, 3.8) is 0 Å². The van der Waals surface area contributed by atoms with Crippen LogP contribution in [-0.2, 0) is 10.4 Å². The van der Waals surface area contributed by atoms with Crippen LogP contribution in [0.2, 0.25) is 5.02 Å². The highest BCUT2D eigenvalue weighted by Crippen LogP contribution is 2.61. The average molecular weight is 357 g/mol. The second kappa shape index (κ2) is 6.71. The summed E-state index contributed by atoms with van der Waals surface area (Å²) >= 11 is 6.18. The molecule has 0 amide bonds. The first-order chi connectivity index (χ1) is 12.2. The first-order valence-electron chi connectivity index (χ1n) is 8.55. The summed E-state index contributed by atoms with van der Waals surface area (Å²) in [6, 6.07) is 16.0. The third-order valence-corrected chi connectivity index (χ3v) is 4.91. The first-order valence-corrected chi connectivity index (χ1v) is 8.93. The number of hydroxylamine groups is 1. The van der Waals surface area contributed by atoms with Crippen LogP contribution in [0, 0.1) is 0 Å². The van der Waals surface area contributed by atoms with Gasteiger partial charge in [-0.1, -0.05) is 41.9 Å². The lowest BCUT2D eigenvalue weighted by molar-refractivity contribution is 0.0748. The maximum absolute atomic E-state index is 6.39. The van der Waals surface area contributed by atoms with E-state index < -0.39 is 5.60 Å². The Morgan fingerprint density at radius 1 is 1.20 bits per heavy atom. The summed E-state index contributed by atoms with van der Waals surface area (Å²) in [6.07, 6.45) is 1.80. The molecule has 0 bridgehead atoms. The fourth-order valence-corrected chi connectivity index (χ4v) is 3.50. The standard InChI is InChI=1S/C20H21ClN2O2/c1-22-10-5-11-24-23-19-16-9-8-15(21)12-18(16)25-20(13-17(19)20)14-6-3-2-4-7-14/h2-4,6-9,12,22-23H,5,10-11,13H2,1H3. The molecule has 2 aromatic rings. The number of fused-ring (bicyclic) bond motifs is 2. The molecule has 1 heterocycles. The second-order valence-corrected chi connectivity index (χ2v) is 6.81. The Morgan fingerprint density at radius 2 is 2.04 bits per heavy atom. The minimum absolute atomic E-state index is 0.393. The molecular formula is C20H21ClN2O2. The van der Waals surface area contributed by atoms with Crippen LogP contribution in [0.4, 0.5) is 0 Å². The van der Waals surface area contributed by atoms with Crippen molar-refractivity contribution in [1.29, 1.82) is 0 Å². The zero-order valence-electron chi connectivity index (χ0n) is 14.1. The summed E-state index contributed by atoms with van der Waals surface area (Å²) in [4.78, 5) is 5.70. The van der Waals surface area contributed by atoms with Gasteiger partial charge in [0.15, 0.2) is 5.60 Å². The van der Waals surface area contributed by atoms with E-state index in [2.05, 4.69) is 22.9 Å². The minimum Gasteiger partial charge on any atom is -0.477 e. The van der Waals surface area contributed by atoms with Gasteiger partial charge in [0.05, 0.1) is 12.3 Å². The van der Waals surface area contributed by atoms with Crippen molar-refractivity contribution in [1.82, 2.24) is 10.8 Å². The third kappa shape index (κ3) is 3.01. The first kappa shape index (κ1) is 16.5. The highest BCUT2D eigenvalue weighted by molar-refractivity contribution is 6.30. The van der Waals surface area contributed by atoms with E-state index in [4.69, 9.17) is 21.2 Å². The SMILES string of the molecule is CNCCCONC1=C2CC2(c2ccccc2)Oc2cc(Cl)ccc21. The summed E-state index contributed by atoms with van der Waals surface area (Å²) < 4.78 is 6.39. The molecule has 1 saturated carbocycles. The normalized spacial score (nSPS) is 20.6. The van der Waals surface area contributed by atoms with Crippen molar-refractivity contribution < 1.29 is 9.57 Å². The molecule has 2 aliphatic rings. The molecule has 2 N–H and O–H groups in total. The van der Waals surface area contributed by atoms with Crippen LogP contribution in [0.3, 0.4) is 0 Å². The topological polar surface area (TPSA) is 42.5 Å². The van der Waals surface area contributed by atoms with Gasteiger partial charge in [0, 0.05) is 28.1 Å². The van der Waals surface area contributed by atoms with Crippen LogP contribution in [0.25, 0.3) is 5.70 Å². The Morgan fingerprint density at radius 3 is 2.84 bits per heavy atom. The fourth-order valence-electron chi connectivity index (χ4n) is 3.33. The van der Waals surface area contributed by atoms with Gasteiger partial charge < -0.3 is 10.1 Å². The molecule has 25 heavy (non-hydrogen) atoms. The van der Waals surface area contributed by atoms with E-state index in [1.54, 1.807) is 0 Å². The Labute approximate surface area is 152 Å². The van der Waals surface area contributed by atoms with E-state index in [1.165, 1.54) is 5.57 Å². The van der Waals surface area contributed by atoms with Crippen molar-refractivity contribution in [2.45, 2.75) is 18.4 Å². The molecule has 2 aromatic carbocycles. The summed E-state index contributed by atoms with van der Waals surface area (Å²) in [5.41, 5.74) is 7.16. The van der Waals surface area contributed by atoms with Crippen molar-refractivity contribution >= 4 is 17.3 Å². The van der Waals surface area contributed by atoms with E-state index in [0.717, 1.165) is 42.0 Å². The van der Waals surface area contributed by atoms with E-state index in [-0.39, 0.29) is 0 Å². The molecular weight excluding hydrogens is 336 g/mol. The number of hydrogen-bond donors (Lipinski definition) is 2. The summed E-state index contributed by atoms with van der Waals surface area (Å²) in [7, 11) is 1.94. The van der Waals surface area contributed by atoms with E-state index in [0.29, 0.717) is 11.6 Å². The molecule has 1 unspecified atom stereocenters. The number of nitrogens with one attached hydrogen (secondary N) is 2. The van der Waals surface area contributed by atoms with Gasteiger partial charge in [-0.05, 0) is 38.2 Å². The van der Waals surface area contributed by atoms with Gasteiger partial charge in [-0.3, -0.25) is 10.3 Å². The minimum atomic E-state index is -0.393. The zero-order valence-corrected chi connectivity index (χ0v) is 14.9. The number of ether oxygens (including phenoxy) is 1. The third-order valence-electron chi connectivity index (χ3n) is 4.67. The molecule has 130 valence electrons. The van der Waals surface area contributed by atoms with E-state index in [1.807, 2.05) is 43.4 Å². The molecule has 1 aliphatic carbocycles. The largest absolute Gasteiger partial charge is 0.477 e. The molecule has 1 atom stereocenters. The van der Waals surface area contributed by atoms with E-state index >= 15 is 0 Å². The fraction of sp³-hybridized carbons (Fsp3) is 0.300. The van der Waals surface area contributed by atoms with Crippen molar-refractivity contribution in [3.05, 3.63) is 70.3 Å². The van der Waals surface area contributed by atoms with Crippen LogP contribution in [0.15, 0.2) is 54.1 Å². The molecule has 1 fully saturated rings. The van der Waals surface area contributed by atoms with Crippen LogP contribution < -0.4 is 15.5 Å². The molecule has 4 nitrogen and oxygen atoms in total. The Balaban J connectivity index is 1.64. The average Bonchev–Trinajstić information content (AvgIpc) is 3.37. The smallest absolute Gasteiger partial charge is 0.162 e. The van der Waals surface area contributed by atoms with Gasteiger partial charge >= 0.3 is 0 Å². The molecule has 0 aromatic heterocycles. The predicted octanol–water partition coefficient (Wildman–Crippen LogP) is 3.87. The maximum Gasteiger partial charge on any atom is 0.162 e. The van der Waals surface area contributed by atoms with Crippen molar-refractivity contribution in [2.24, 2.45) is 0 Å². The highest BCUT2D eigenvalue weighted by atomic mass is 35.5. The molecule has 0 spiro atoms. The molecule has 5 heteroatoms. The number of hydrogen-bond acceptors (Lipinski definition) is 4. The summed E-state index contributed by atoms with van der Waals surface area (Å²) in [5, 5.41) is 3.79. The van der Waals surface area contributed by atoms with E-state index in [9.17, 15) is 0 Å². The Bertz CT molecular complexity index is 807. The zero-order chi connectivity index (χ0) is 17.3. The van der Waals surface area contributed by atoms with Crippen LogP contribution >= 0.6 is 11.6 Å². The number of rotatable bonds is 7. The molecule has 1 aliphatic heterocycles. The lowest BCUT2D eigenvalue weighted by Crippen LogP contribution is -2.25. The quantitative estimate of drug-likeness (QED) is 0.583. The van der Waals surface area contributed by atoms with Gasteiger partial charge in [-0.2, -0.15) is 0 Å². The molecule has 4 rings (SSSR count). The van der Waals surface area contributed by atoms with Gasteiger partial charge in [0.25, 0.3) is 0 Å². The van der Waals surface area contributed by atoms with Crippen LogP contribution in [0.1, 0.15) is 24.0 Å². The van der Waals surface area contributed by atoms with Crippen molar-refractivity contribution in [2.75, 3.05) is 20.2 Å². The monoisotopic (exact) mass is 356 g/mol. The Hall–Kier alpha value is -2.01. The van der Waals surface area contributed by atoms with Crippen LogP contribution in [-0.4, -0.2) is 20.2 Å². The van der Waals surface area contributed by atoms with Crippen molar-refractivity contribution in [3.8, 4) is 5.75 Å². The van der Waals surface area contributed by atoms with Gasteiger partial charge in [0.2, 0.25) is 0 Å². The Kier molecular flexibility index (Phi) is 4.42. The number of benzene rings is 2. The van der Waals surface area contributed by atoms with Gasteiger partial charge in [-0.15, -0.1) is 0 Å².